The number of H-pyrrole nitrogens is 1. The lowest BCUT2D eigenvalue weighted by Crippen LogP contribution is -2.66. The molecule has 9 nitrogen and oxygen atoms in total. The predicted octanol–water partition coefficient (Wildman–Crippen LogP) is 9.02. The number of aromatic amines is 1. The average Bonchev–Trinajstić information content (AvgIpc) is 3.66. The van der Waals surface area contributed by atoms with Gasteiger partial charge in [-0.15, -0.1) is 0 Å². The lowest BCUT2D eigenvalue weighted by molar-refractivity contribution is 0.102. The highest BCUT2D eigenvalue weighted by atomic mass is 28.4. The van der Waals surface area contributed by atoms with E-state index in [-0.39, 0.29) is 29.0 Å². The van der Waals surface area contributed by atoms with E-state index in [1.54, 1.807) is 25.3 Å². The Morgan fingerprint density at radius 1 is 0.845 bits per heavy atom. The van der Waals surface area contributed by atoms with Gasteiger partial charge in [0, 0.05) is 60.6 Å². The van der Waals surface area contributed by atoms with E-state index in [1.165, 1.54) is 10.4 Å². The average molecular weight is 791 g/mol. The number of hydrogen-bond acceptors (Lipinski definition) is 5. The zero-order valence-corrected chi connectivity index (χ0v) is 35.9. The quantitative estimate of drug-likeness (QED) is 0.142. The number of nitrogens with one attached hydrogen (secondary N) is 2. The van der Waals surface area contributed by atoms with Crippen LogP contribution in [0.2, 0.25) is 5.04 Å². The van der Waals surface area contributed by atoms with Crippen molar-refractivity contribution >= 4 is 52.9 Å². The maximum Gasteiger partial charge on any atom is 0.319 e. The second-order valence-electron chi connectivity index (χ2n) is 17.3. The number of fused-ring (bicyclic) bond motifs is 1. The summed E-state index contributed by atoms with van der Waals surface area (Å²) < 4.78 is 7.55. The molecule has 1 aliphatic rings. The van der Waals surface area contributed by atoms with Crippen molar-refractivity contribution in [1.29, 1.82) is 0 Å². The van der Waals surface area contributed by atoms with Crippen LogP contribution in [-0.2, 0) is 16.4 Å². The summed E-state index contributed by atoms with van der Waals surface area (Å²) in [6.45, 7) is 14.7. The van der Waals surface area contributed by atoms with Gasteiger partial charge in [-0.05, 0) is 62.6 Å². The van der Waals surface area contributed by atoms with Crippen molar-refractivity contribution in [3.63, 3.8) is 0 Å². The monoisotopic (exact) mass is 790 g/mol. The van der Waals surface area contributed by atoms with Crippen LogP contribution in [0.1, 0.15) is 75.1 Å². The Kier molecular flexibility index (Phi) is 11.3. The largest absolute Gasteiger partial charge is 0.403 e. The normalized spacial score (nSPS) is 13.7. The first-order valence-corrected chi connectivity index (χ1v) is 21.9. The molecule has 0 saturated heterocycles. The lowest BCUT2D eigenvalue weighted by Gasteiger charge is -2.43. The first kappa shape index (κ1) is 40.4. The molecule has 10 heteroatoms. The molecule has 4 aromatic carbocycles. The summed E-state index contributed by atoms with van der Waals surface area (Å²) in [4.78, 5) is 43.2. The van der Waals surface area contributed by atoms with Gasteiger partial charge in [0.2, 0.25) is 0 Å². The molecule has 0 saturated carbocycles. The van der Waals surface area contributed by atoms with Gasteiger partial charge in [0.05, 0.1) is 12.3 Å². The van der Waals surface area contributed by atoms with Crippen LogP contribution in [0.25, 0.3) is 27.9 Å². The Balaban J connectivity index is 1.34. The molecule has 0 aliphatic carbocycles. The molecule has 3 amide bonds. The molecule has 298 valence electrons. The Bertz CT molecular complexity index is 2410. The fourth-order valence-electron chi connectivity index (χ4n) is 8.04. The third-order valence-corrected chi connectivity index (χ3v) is 16.2. The van der Waals surface area contributed by atoms with Gasteiger partial charge in [0.1, 0.15) is 12.0 Å². The van der Waals surface area contributed by atoms with Gasteiger partial charge < -0.3 is 24.5 Å². The SMILES string of the molecule is CN(C)C(=O)N1CC=C(c2cc3c(-c4cccc(NC(=O)c5ccc(C(C)(C)C)cc5)c4CO[Si](c4ccccc4)(c4ccccc4)C(C)(C)C)ncnc3[nH]2)CC1. The van der Waals surface area contributed by atoms with E-state index in [0.29, 0.717) is 36.4 Å². The summed E-state index contributed by atoms with van der Waals surface area (Å²) >= 11 is 0. The number of aromatic nitrogens is 3. The summed E-state index contributed by atoms with van der Waals surface area (Å²) in [5, 5.41) is 6.21. The molecule has 0 bridgehead atoms. The molecule has 58 heavy (non-hydrogen) atoms. The van der Waals surface area contributed by atoms with Crippen molar-refractivity contribution in [2.24, 2.45) is 0 Å². The van der Waals surface area contributed by atoms with Crippen molar-refractivity contribution in [1.82, 2.24) is 24.8 Å². The zero-order valence-electron chi connectivity index (χ0n) is 34.9. The molecule has 0 unspecified atom stereocenters. The number of carbonyl (C=O) groups excluding carboxylic acids is 2. The molecule has 1 aliphatic heterocycles. The highest BCUT2D eigenvalue weighted by Crippen LogP contribution is 2.40. The minimum absolute atomic E-state index is 0.00168. The predicted molar refractivity (Wildman–Crippen MR) is 238 cm³/mol. The van der Waals surface area contributed by atoms with E-state index in [2.05, 4.69) is 124 Å². The topological polar surface area (TPSA) is 103 Å². The number of carbonyl (C=O) groups is 2. The fraction of sp³-hybridized carbons (Fsp3) is 0.292. The molecule has 0 radical (unpaired) electrons. The number of hydrogen-bond donors (Lipinski definition) is 2. The molecule has 0 spiro atoms. The van der Waals surface area contributed by atoms with E-state index >= 15 is 0 Å². The van der Waals surface area contributed by atoms with Crippen LogP contribution >= 0.6 is 0 Å². The van der Waals surface area contributed by atoms with Crippen molar-refractivity contribution in [2.75, 3.05) is 32.5 Å². The van der Waals surface area contributed by atoms with E-state index in [1.807, 2.05) is 53.4 Å². The van der Waals surface area contributed by atoms with Gasteiger partial charge in [0.25, 0.3) is 14.2 Å². The maximum absolute atomic E-state index is 14.1. The van der Waals surface area contributed by atoms with Crippen LogP contribution in [0.15, 0.2) is 122 Å². The van der Waals surface area contributed by atoms with Crippen molar-refractivity contribution < 1.29 is 14.0 Å². The highest BCUT2D eigenvalue weighted by Gasteiger charge is 2.50. The van der Waals surface area contributed by atoms with Crippen LogP contribution in [0.4, 0.5) is 10.5 Å². The van der Waals surface area contributed by atoms with Gasteiger partial charge in [-0.3, -0.25) is 4.79 Å². The third-order valence-electron chi connectivity index (χ3n) is 11.2. The van der Waals surface area contributed by atoms with Gasteiger partial charge in [-0.2, -0.15) is 0 Å². The van der Waals surface area contributed by atoms with Crippen molar-refractivity contribution in [3.8, 4) is 11.3 Å². The standard InChI is InChI=1S/C48H54N6O3Si/c1-47(2,3)35-24-22-34(23-25-35)45(55)52-41-21-15-20-38(40(41)31-57-58(48(4,5)6,36-16-11-9-12-17-36)37-18-13-10-14-19-37)43-39-30-42(51-44(39)50-32-49-43)33-26-28-54(29-27-33)46(56)53(7)8/h9-26,30,32H,27-29,31H2,1-8H3,(H,52,55)(H,49,50,51). The summed E-state index contributed by atoms with van der Waals surface area (Å²) in [6.07, 6.45) is 4.40. The van der Waals surface area contributed by atoms with E-state index < -0.39 is 8.32 Å². The Morgan fingerprint density at radius 2 is 1.50 bits per heavy atom. The van der Waals surface area contributed by atoms with Crippen molar-refractivity contribution in [2.45, 2.75) is 65.0 Å². The highest BCUT2D eigenvalue weighted by molar-refractivity contribution is 6.99. The number of rotatable bonds is 9. The summed E-state index contributed by atoms with van der Waals surface area (Å²) in [6, 6.07) is 37.1. The molecule has 7 rings (SSSR count). The smallest absolute Gasteiger partial charge is 0.319 e. The number of amides is 3. The first-order valence-electron chi connectivity index (χ1n) is 20.0. The molecule has 6 aromatic rings. The van der Waals surface area contributed by atoms with Crippen LogP contribution in [-0.4, -0.2) is 72.2 Å². The van der Waals surface area contributed by atoms with E-state index in [4.69, 9.17) is 9.41 Å². The lowest BCUT2D eigenvalue weighted by atomic mass is 9.86. The van der Waals surface area contributed by atoms with Gasteiger partial charge >= 0.3 is 6.03 Å². The molecule has 2 N–H and O–H groups in total. The molecule has 3 heterocycles. The molecular weight excluding hydrogens is 737 g/mol. The molecule has 2 aromatic heterocycles. The van der Waals surface area contributed by atoms with Gasteiger partial charge in [-0.25, -0.2) is 14.8 Å². The number of anilines is 1. The first-order chi connectivity index (χ1) is 27.7. The second-order valence-corrected chi connectivity index (χ2v) is 21.6. The Morgan fingerprint density at radius 3 is 2.07 bits per heavy atom. The van der Waals surface area contributed by atoms with Crippen LogP contribution < -0.4 is 15.7 Å². The second kappa shape index (κ2) is 16.2. The summed E-state index contributed by atoms with van der Waals surface area (Å²) in [5.41, 5.74) is 7.54. The van der Waals surface area contributed by atoms with E-state index in [0.717, 1.165) is 39.0 Å². The third kappa shape index (κ3) is 7.99. The van der Waals surface area contributed by atoms with E-state index in [9.17, 15) is 9.59 Å². The molecule has 0 atom stereocenters. The molecule has 0 fully saturated rings. The Hall–Kier alpha value is -5.84. The molecular formula is C48H54N6O3Si. The van der Waals surface area contributed by atoms with Crippen LogP contribution in [0, 0.1) is 0 Å². The summed E-state index contributed by atoms with van der Waals surface area (Å²) in [7, 11) is 0.561. The Labute approximate surface area is 343 Å². The zero-order chi connectivity index (χ0) is 41.2. The minimum Gasteiger partial charge on any atom is -0.403 e. The maximum atomic E-state index is 14.1. The van der Waals surface area contributed by atoms with Crippen molar-refractivity contribution in [3.05, 3.63) is 144 Å². The van der Waals surface area contributed by atoms with Gasteiger partial charge in [-0.1, -0.05) is 133 Å². The number of benzene rings is 4. The van der Waals surface area contributed by atoms with Crippen LogP contribution in [0.3, 0.4) is 0 Å². The van der Waals surface area contributed by atoms with Gasteiger partial charge in [0.15, 0.2) is 0 Å². The number of nitrogens with zero attached hydrogens (tertiary/aromatic N) is 4. The summed E-state index contributed by atoms with van der Waals surface area (Å²) in [5.74, 6) is -0.202. The number of urea groups is 1. The fourth-order valence-corrected chi connectivity index (χ4v) is 12.6. The minimum atomic E-state index is -2.99. The van der Waals surface area contributed by atoms with Crippen LogP contribution in [0.5, 0.6) is 0 Å².